The van der Waals surface area contributed by atoms with E-state index in [1.165, 1.54) is 11.3 Å². The van der Waals surface area contributed by atoms with E-state index in [2.05, 4.69) is 16.4 Å². The Morgan fingerprint density at radius 3 is 2.92 bits per heavy atom. The van der Waals surface area contributed by atoms with Crippen molar-refractivity contribution < 1.29 is 9.53 Å². The summed E-state index contributed by atoms with van der Waals surface area (Å²) in [5.74, 6) is 0.537. The van der Waals surface area contributed by atoms with Gasteiger partial charge in [-0.25, -0.2) is 4.98 Å². The Labute approximate surface area is 149 Å². The van der Waals surface area contributed by atoms with Crippen molar-refractivity contribution in [3.05, 3.63) is 48.0 Å². The van der Waals surface area contributed by atoms with Gasteiger partial charge in [-0.15, -0.1) is 0 Å². The van der Waals surface area contributed by atoms with E-state index in [9.17, 15) is 4.79 Å². The van der Waals surface area contributed by atoms with Crippen LogP contribution in [0.1, 0.15) is 5.56 Å². The summed E-state index contributed by atoms with van der Waals surface area (Å²) in [5, 5.41) is 12.4. The third-order valence-corrected chi connectivity index (χ3v) is 4.71. The second kappa shape index (κ2) is 7.20. The van der Waals surface area contributed by atoms with Crippen LogP contribution in [0.5, 0.6) is 5.75 Å². The van der Waals surface area contributed by atoms with Gasteiger partial charge in [-0.2, -0.15) is 5.26 Å². The molecule has 0 fully saturated rings. The third kappa shape index (κ3) is 3.70. The summed E-state index contributed by atoms with van der Waals surface area (Å²) in [6.07, 6.45) is 0. The number of benzene rings is 2. The Kier molecular flexibility index (Phi) is 4.82. The van der Waals surface area contributed by atoms with Crippen LogP contribution in [-0.4, -0.2) is 31.6 Å². The SMILES string of the molecule is COc1cccc2sc(N(C)CC(=O)Nc3cccc(C#N)c3)nc12. The van der Waals surface area contributed by atoms with Crippen LogP contribution < -0.4 is 15.0 Å². The van der Waals surface area contributed by atoms with Crippen molar-refractivity contribution in [1.29, 1.82) is 5.26 Å². The molecule has 25 heavy (non-hydrogen) atoms. The van der Waals surface area contributed by atoms with E-state index in [-0.39, 0.29) is 12.5 Å². The number of likely N-dealkylation sites (N-methyl/N-ethyl adjacent to an activating group) is 1. The van der Waals surface area contributed by atoms with Crippen LogP contribution >= 0.6 is 11.3 Å². The monoisotopic (exact) mass is 352 g/mol. The van der Waals surface area contributed by atoms with Crippen molar-refractivity contribution in [2.45, 2.75) is 0 Å². The first-order valence-electron chi connectivity index (χ1n) is 7.55. The quantitative estimate of drug-likeness (QED) is 0.762. The lowest BCUT2D eigenvalue weighted by Crippen LogP contribution is -2.29. The average molecular weight is 352 g/mol. The fourth-order valence-electron chi connectivity index (χ4n) is 2.39. The number of nitrogens with zero attached hydrogens (tertiary/aromatic N) is 3. The highest BCUT2D eigenvalue weighted by molar-refractivity contribution is 7.22. The highest BCUT2D eigenvalue weighted by Gasteiger charge is 2.14. The fraction of sp³-hybridized carbons (Fsp3) is 0.167. The molecule has 0 spiro atoms. The summed E-state index contributed by atoms with van der Waals surface area (Å²) in [6.45, 7) is 0.152. The van der Waals surface area contributed by atoms with E-state index in [1.807, 2.05) is 25.2 Å². The van der Waals surface area contributed by atoms with Gasteiger partial charge in [-0.3, -0.25) is 4.79 Å². The number of aromatic nitrogens is 1. The number of para-hydroxylation sites is 1. The molecule has 0 bridgehead atoms. The predicted octanol–water partition coefficient (Wildman–Crippen LogP) is 3.25. The molecule has 1 aromatic heterocycles. The van der Waals surface area contributed by atoms with E-state index < -0.39 is 0 Å². The number of nitrogens with one attached hydrogen (secondary N) is 1. The number of carbonyl (C=O) groups excluding carboxylic acids is 1. The highest BCUT2D eigenvalue weighted by atomic mass is 32.1. The number of fused-ring (bicyclic) bond motifs is 1. The van der Waals surface area contributed by atoms with Gasteiger partial charge in [0.2, 0.25) is 5.91 Å². The summed E-state index contributed by atoms with van der Waals surface area (Å²) >= 11 is 1.50. The average Bonchev–Trinajstić information content (AvgIpc) is 3.06. The Morgan fingerprint density at radius 2 is 2.16 bits per heavy atom. The summed E-state index contributed by atoms with van der Waals surface area (Å²) in [7, 11) is 3.43. The number of rotatable bonds is 5. The standard InChI is InChI=1S/C18H16N4O2S/c1-22(11-16(23)20-13-6-3-5-12(9-13)10-19)18-21-17-14(24-2)7-4-8-15(17)25-18/h3-9H,11H2,1-2H3,(H,20,23). The molecule has 7 heteroatoms. The maximum Gasteiger partial charge on any atom is 0.243 e. The van der Waals surface area contributed by atoms with Gasteiger partial charge in [0.1, 0.15) is 11.3 Å². The lowest BCUT2D eigenvalue weighted by atomic mass is 10.2. The molecule has 3 aromatic rings. The normalized spacial score (nSPS) is 10.3. The lowest BCUT2D eigenvalue weighted by molar-refractivity contribution is -0.114. The Bertz CT molecular complexity index is 961. The number of carbonyl (C=O) groups is 1. The number of ether oxygens (including phenoxy) is 1. The zero-order valence-electron chi connectivity index (χ0n) is 13.8. The largest absolute Gasteiger partial charge is 0.494 e. The van der Waals surface area contributed by atoms with E-state index >= 15 is 0 Å². The highest BCUT2D eigenvalue weighted by Crippen LogP contribution is 2.33. The van der Waals surface area contributed by atoms with Gasteiger partial charge in [0.25, 0.3) is 0 Å². The van der Waals surface area contributed by atoms with Crippen molar-refractivity contribution >= 4 is 38.3 Å². The van der Waals surface area contributed by atoms with Gasteiger partial charge < -0.3 is 15.0 Å². The molecule has 6 nitrogen and oxygen atoms in total. The van der Waals surface area contributed by atoms with E-state index in [1.54, 1.807) is 36.3 Å². The molecule has 126 valence electrons. The number of methoxy groups -OCH3 is 1. The molecule has 1 heterocycles. The minimum absolute atomic E-state index is 0.152. The van der Waals surface area contributed by atoms with Crippen LogP contribution in [0.25, 0.3) is 10.2 Å². The Morgan fingerprint density at radius 1 is 1.36 bits per heavy atom. The third-order valence-electron chi connectivity index (χ3n) is 3.57. The number of hydrogen-bond acceptors (Lipinski definition) is 6. The van der Waals surface area contributed by atoms with Gasteiger partial charge in [-0.05, 0) is 30.3 Å². The van der Waals surface area contributed by atoms with Crippen LogP contribution in [-0.2, 0) is 4.79 Å². The molecule has 0 aliphatic heterocycles. The van der Waals surface area contributed by atoms with Gasteiger partial charge in [0.05, 0.1) is 30.0 Å². The minimum atomic E-state index is -0.177. The van der Waals surface area contributed by atoms with Crippen LogP contribution in [0.2, 0.25) is 0 Å². The number of hydrogen-bond donors (Lipinski definition) is 1. The van der Waals surface area contributed by atoms with Crippen LogP contribution in [0.4, 0.5) is 10.8 Å². The molecule has 2 aromatic carbocycles. The van der Waals surface area contributed by atoms with E-state index in [0.29, 0.717) is 17.0 Å². The minimum Gasteiger partial charge on any atom is -0.494 e. The molecule has 0 atom stereocenters. The number of thiazole rings is 1. The summed E-state index contributed by atoms with van der Waals surface area (Å²) < 4.78 is 6.33. The molecule has 0 saturated carbocycles. The van der Waals surface area contributed by atoms with Crippen molar-refractivity contribution in [1.82, 2.24) is 4.98 Å². The fourth-order valence-corrected chi connectivity index (χ4v) is 3.33. The second-order valence-electron chi connectivity index (χ2n) is 5.40. The van der Waals surface area contributed by atoms with Gasteiger partial charge in [0, 0.05) is 12.7 Å². The van der Waals surface area contributed by atoms with Gasteiger partial charge in [-0.1, -0.05) is 23.5 Å². The first-order chi connectivity index (χ1) is 12.1. The zero-order chi connectivity index (χ0) is 17.8. The smallest absolute Gasteiger partial charge is 0.243 e. The predicted molar refractivity (Wildman–Crippen MR) is 99.2 cm³/mol. The first-order valence-corrected chi connectivity index (χ1v) is 8.37. The summed E-state index contributed by atoms with van der Waals surface area (Å²) in [4.78, 5) is 18.6. The molecule has 0 unspecified atom stereocenters. The van der Waals surface area contributed by atoms with Crippen molar-refractivity contribution in [2.24, 2.45) is 0 Å². The molecule has 0 saturated heterocycles. The van der Waals surface area contributed by atoms with Crippen molar-refractivity contribution in [3.8, 4) is 11.8 Å². The molecule has 0 aliphatic carbocycles. The lowest BCUT2D eigenvalue weighted by Gasteiger charge is -2.15. The number of amides is 1. The van der Waals surface area contributed by atoms with Crippen molar-refractivity contribution in [3.63, 3.8) is 0 Å². The van der Waals surface area contributed by atoms with Gasteiger partial charge in [0.15, 0.2) is 5.13 Å². The molecule has 0 aliphatic rings. The molecule has 3 rings (SSSR count). The molecule has 0 radical (unpaired) electrons. The molecule has 1 N–H and O–H groups in total. The van der Waals surface area contributed by atoms with Crippen LogP contribution in [0, 0.1) is 11.3 Å². The van der Waals surface area contributed by atoms with E-state index in [0.717, 1.165) is 15.3 Å². The Hall–Kier alpha value is -3.11. The molecule has 1 amide bonds. The van der Waals surface area contributed by atoms with Crippen molar-refractivity contribution in [2.75, 3.05) is 30.9 Å². The molecular weight excluding hydrogens is 336 g/mol. The summed E-state index contributed by atoms with van der Waals surface area (Å²) in [6, 6.07) is 14.6. The summed E-state index contributed by atoms with van der Waals surface area (Å²) in [5.41, 5.74) is 1.90. The maximum atomic E-state index is 12.3. The van der Waals surface area contributed by atoms with Crippen LogP contribution in [0.15, 0.2) is 42.5 Å². The first kappa shape index (κ1) is 16.7. The van der Waals surface area contributed by atoms with E-state index in [4.69, 9.17) is 10.00 Å². The van der Waals surface area contributed by atoms with Crippen LogP contribution in [0.3, 0.4) is 0 Å². The number of nitriles is 1. The maximum absolute atomic E-state index is 12.3. The zero-order valence-corrected chi connectivity index (χ0v) is 14.6. The Balaban J connectivity index is 1.72. The number of anilines is 2. The van der Waals surface area contributed by atoms with Gasteiger partial charge >= 0.3 is 0 Å². The topological polar surface area (TPSA) is 78.2 Å². The molecular formula is C18H16N4O2S. The second-order valence-corrected chi connectivity index (χ2v) is 6.41.